The van der Waals surface area contributed by atoms with E-state index in [4.69, 9.17) is 0 Å². The number of halogens is 3. The number of nitrogens with zero attached hydrogens (tertiary/aromatic N) is 2. The van der Waals surface area contributed by atoms with Crippen LogP contribution < -0.4 is 9.62 Å². The van der Waals surface area contributed by atoms with Crippen LogP contribution in [0.4, 0.5) is 18.9 Å². The van der Waals surface area contributed by atoms with Gasteiger partial charge in [0.05, 0.1) is 17.5 Å². The van der Waals surface area contributed by atoms with Crippen molar-refractivity contribution in [1.82, 2.24) is 10.2 Å². The molecule has 6 nitrogen and oxygen atoms in total. The molecule has 0 bridgehead atoms. The van der Waals surface area contributed by atoms with Crippen LogP contribution in [-0.2, 0) is 34.1 Å². The second-order valence-electron chi connectivity index (χ2n) is 8.25. The number of carbonyl (C=O) groups is 1. The predicted molar refractivity (Wildman–Crippen MR) is 121 cm³/mol. The van der Waals surface area contributed by atoms with Crippen molar-refractivity contribution in [2.45, 2.75) is 45.1 Å². The lowest BCUT2D eigenvalue weighted by atomic mass is 10.1. The van der Waals surface area contributed by atoms with Crippen LogP contribution in [0.25, 0.3) is 0 Å². The van der Waals surface area contributed by atoms with Crippen molar-refractivity contribution in [2.24, 2.45) is 0 Å². The standard InChI is InChI=1S/C23H28F3N3O3S/c1-17(29(33(2,31)32)21-11-7-10-20(14-21)23(24,25)26)22(30)27-15-18-8-3-4-9-19(18)16-28-12-5-6-13-28/h3-4,7-11,14,17H,5-6,12-13,15-16H2,1-2H3,(H,27,30)/t17-/m1/s1. The molecular formula is C23H28F3N3O3S. The van der Waals surface area contributed by atoms with Crippen LogP contribution >= 0.6 is 0 Å². The molecule has 1 heterocycles. The van der Waals surface area contributed by atoms with Gasteiger partial charge in [-0.25, -0.2) is 8.42 Å². The highest BCUT2D eigenvalue weighted by atomic mass is 32.2. The smallest absolute Gasteiger partial charge is 0.350 e. The topological polar surface area (TPSA) is 69.7 Å². The largest absolute Gasteiger partial charge is 0.416 e. The number of rotatable bonds is 8. The third-order valence-electron chi connectivity index (χ3n) is 5.68. The van der Waals surface area contributed by atoms with Crippen molar-refractivity contribution in [1.29, 1.82) is 0 Å². The molecule has 1 atom stereocenters. The highest BCUT2D eigenvalue weighted by Crippen LogP contribution is 2.32. The number of likely N-dealkylation sites (tertiary alicyclic amines) is 1. The van der Waals surface area contributed by atoms with Gasteiger partial charge < -0.3 is 5.32 Å². The highest BCUT2D eigenvalue weighted by molar-refractivity contribution is 7.92. The maximum Gasteiger partial charge on any atom is 0.416 e. The van der Waals surface area contributed by atoms with E-state index in [0.717, 1.165) is 68.1 Å². The van der Waals surface area contributed by atoms with Crippen molar-refractivity contribution in [3.63, 3.8) is 0 Å². The maximum atomic E-state index is 13.1. The molecule has 1 saturated heterocycles. The number of benzene rings is 2. The van der Waals surface area contributed by atoms with E-state index in [9.17, 15) is 26.4 Å². The first-order chi connectivity index (χ1) is 15.5. The number of anilines is 1. The molecule has 1 aliphatic rings. The van der Waals surface area contributed by atoms with E-state index in [1.807, 2.05) is 24.3 Å². The van der Waals surface area contributed by atoms with Gasteiger partial charge in [-0.1, -0.05) is 30.3 Å². The Hall–Kier alpha value is -2.59. The van der Waals surface area contributed by atoms with E-state index in [1.165, 1.54) is 13.0 Å². The fourth-order valence-corrected chi connectivity index (χ4v) is 5.19. The summed E-state index contributed by atoms with van der Waals surface area (Å²) in [5.41, 5.74) is 0.779. The molecule has 2 aromatic rings. The number of nitrogens with one attached hydrogen (secondary N) is 1. The van der Waals surface area contributed by atoms with E-state index in [0.29, 0.717) is 4.31 Å². The van der Waals surface area contributed by atoms with Gasteiger partial charge in [-0.3, -0.25) is 14.0 Å². The Morgan fingerprint density at radius 3 is 2.33 bits per heavy atom. The minimum absolute atomic E-state index is 0.188. The molecule has 1 fully saturated rings. The Morgan fingerprint density at radius 2 is 1.73 bits per heavy atom. The summed E-state index contributed by atoms with van der Waals surface area (Å²) in [5.74, 6) is -0.603. The third kappa shape index (κ3) is 6.48. The van der Waals surface area contributed by atoms with Crippen LogP contribution in [0.2, 0.25) is 0 Å². The van der Waals surface area contributed by atoms with Crippen LogP contribution in [0, 0.1) is 0 Å². The molecule has 0 spiro atoms. The molecule has 2 aromatic carbocycles. The summed E-state index contributed by atoms with van der Waals surface area (Å²) in [4.78, 5) is 15.2. The van der Waals surface area contributed by atoms with E-state index in [1.54, 1.807) is 0 Å². The number of hydrogen-bond acceptors (Lipinski definition) is 4. The first-order valence-electron chi connectivity index (χ1n) is 10.7. The number of alkyl halides is 3. The van der Waals surface area contributed by atoms with Crippen LogP contribution in [0.15, 0.2) is 48.5 Å². The van der Waals surface area contributed by atoms with Gasteiger partial charge in [-0.05, 0) is 62.2 Å². The van der Waals surface area contributed by atoms with Gasteiger partial charge in [0.25, 0.3) is 0 Å². The van der Waals surface area contributed by atoms with Crippen molar-refractivity contribution in [2.75, 3.05) is 23.7 Å². The molecule has 0 aromatic heterocycles. The van der Waals surface area contributed by atoms with Crippen molar-refractivity contribution < 1.29 is 26.4 Å². The lowest BCUT2D eigenvalue weighted by Crippen LogP contribution is -2.47. The first-order valence-corrected chi connectivity index (χ1v) is 12.5. The minimum atomic E-state index is -4.64. The number of hydrogen-bond donors (Lipinski definition) is 1. The second kappa shape index (κ2) is 10.1. The Bertz CT molecular complexity index is 1080. The van der Waals surface area contributed by atoms with E-state index >= 15 is 0 Å². The summed E-state index contributed by atoms with van der Waals surface area (Å²) in [7, 11) is -4.03. The zero-order valence-corrected chi connectivity index (χ0v) is 19.4. The molecule has 0 radical (unpaired) electrons. The van der Waals surface area contributed by atoms with Crippen LogP contribution in [0.1, 0.15) is 36.5 Å². The number of amides is 1. The molecule has 0 unspecified atom stereocenters. The molecule has 0 aliphatic carbocycles. The number of sulfonamides is 1. The fourth-order valence-electron chi connectivity index (χ4n) is 4.02. The van der Waals surface area contributed by atoms with Gasteiger partial charge in [0.2, 0.25) is 15.9 Å². The molecule has 1 N–H and O–H groups in total. The van der Waals surface area contributed by atoms with Gasteiger partial charge in [-0.2, -0.15) is 13.2 Å². The Balaban J connectivity index is 1.76. The molecule has 1 amide bonds. The van der Waals surface area contributed by atoms with Crippen molar-refractivity contribution in [3.8, 4) is 0 Å². The van der Waals surface area contributed by atoms with Crippen molar-refractivity contribution in [3.05, 3.63) is 65.2 Å². The maximum absolute atomic E-state index is 13.1. The predicted octanol–water partition coefficient (Wildman–Crippen LogP) is 3.77. The quantitative estimate of drug-likeness (QED) is 0.621. The molecule has 10 heteroatoms. The van der Waals surface area contributed by atoms with Gasteiger partial charge in [0, 0.05) is 13.1 Å². The molecule has 3 rings (SSSR count). The molecule has 180 valence electrons. The normalized spacial score (nSPS) is 15.9. The van der Waals surface area contributed by atoms with Crippen LogP contribution in [0.5, 0.6) is 0 Å². The zero-order chi connectivity index (χ0) is 24.2. The summed E-state index contributed by atoms with van der Waals surface area (Å²) in [6.07, 6.45) is -1.45. The summed E-state index contributed by atoms with van der Waals surface area (Å²) < 4.78 is 64.9. The summed E-state index contributed by atoms with van der Waals surface area (Å²) in [5, 5.41) is 2.75. The fraction of sp³-hybridized carbons (Fsp3) is 0.435. The third-order valence-corrected chi connectivity index (χ3v) is 6.92. The lowest BCUT2D eigenvalue weighted by Gasteiger charge is -2.29. The molecular weight excluding hydrogens is 455 g/mol. The highest BCUT2D eigenvalue weighted by Gasteiger charge is 2.34. The van der Waals surface area contributed by atoms with E-state index in [2.05, 4.69) is 10.2 Å². The Kier molecular flexibility index (Phi) is 7.69. The Labute approximate surface area is 192 Å². The first kappa shape index (κ1) is 25.0. The average Bonchev–Trinajstić information content (AvgIpc) is 3.24. The van der Waals surface area contributed by atoms with Crippen LogP contribution in [-0.4, -0.2) is 44.6 Å². The molecule has 0 saturated carbocycles. The monoisotopic (exact) mass is 483 g/mol. The van der Waals surface area contributed by atoms with Gasteiger partial charge in [-0.15, -0.1) is 0 Å². The Morgan fingerprint density at radius 1 is 1.09 bits per heavy atom. The van der Waals surface area contributed by atoms with Gasteiger partial charge >= 0.3 is 6.18 Å². The average molecular weight is 484 g/mol. The van der Waals surface area contributed by atoms with E-state index in [-0.39, 0.29) is 12.2 Å². The zero-order valence-electron chi connectivity index (χ0n) is 18.6. The minimum Gasteiger partial charge on any atom is -0.350 e. The van der Waals surface area contributed by atoms with Crippen LogP contribution in [0.3, 0.4) is 0 Å². The lowest BCUT2D eigenvalue weighted by molar-refractivity contribution is -0.137. The SMILES string of the molecule is C[C@H](C(=O)NCc1ccccc1CN1CCCC1)N(c1cccc(C(F)(F)F)c1)S(C)(=O)=O. The second-order valence-corrected chi connectivity index (χ2v) is 10.1. The van der Waals surface area contributed by atoms with Gasteiger partial charge in [0.15, 0.2) is 0 Å². The van der Waals surface area contributed by atoms with Crippen molar-refractivity contribution >= 4 is 21.6 Å². The summed E-state index contributed by atoms with van der Waals surface area (Å²) >= 11 is 0. The summed E-state index contributed by atoms with van der Waals surface area (Å²) in [6, 6.07) is 10.4. The number of carbonyl (C=O) groups excluding carboxylic acids is 1. The molecule has 1 aliphatic heterocycles. The van der Waals surface area contributed by atoms with Gasteiger partial charge in [0.1, 0.15) is 6.04 Å². The summed E-state index contributed by atoms with van der Waals surface area (Å²) in [6.45, 7) is 4.36. The van der Waals surface area contributed by atoms with E-state index < -0.39 is 33.7 Å². The molecule has 33 heavy (non-hydrogen) atoms.